The van der Waals surface area contributed by atoms with E-state index in [-0.39, 0.29) is 24.4 Å². The number of carbonyl (C=O) groups excluding carboxylic acids is 1. The van der Waals surface area contributed by atoms with E-state index in [1.807, 2.05) is 54.6 Å². The fourth-order valence-corrected chi connectivity index (χ4v) is 2.30. The minimum atomic E-state index is -0.0610. The first kappa shape index (κ1) is 20.0. The van der Waals surface area contributed by atoms with E-state index in [0.29, 0.717) is 24.6 Å². The van der Waals surface area contributed by atoms with E-state index >= 15 is 0 Å². The number of carbonyl (C=O) groups is 1. The Morgan fingerprint density at radius 1 is 1.04 bits per heavy atom. The molecule has 0 aliphatic carbocycles. The third-order valence-corrected chi connectivity index (χ3v) is 3.86. The van der Waals surface area contributed by atoms with Crippen molar-refractivity contribution in [1.29, 1.82) is 0 Å². The third kappa shape index (κ3) is 5.87. The van der Waals surface area contributed by atoms with Crippen LogP contribution in [0.4, 0.5) is 5.69 Å². The van der Waals surface area contributed by atoms with Crippen LogP contribution in [0.3, 0.4) is 0 Å². The van der Waals surface area contributed by atoms with E-state index in [9.17, 15) is 4.79 Å². The smallest absolute Gasteiger partial charge is 0.251 e. The zero-order chi connectivity index (χ0) is 16.7. The lowest BCUT2D eigenvalue weighted by Crippen LogP contribution is -2.39. The number of halogens is 1. The Bertz CT molecular complexity index is 614. The van der Waals surface area contributed by atoms with E-state index in [0.717, 1.165) is 11.3 Å². The monoisotopic (exact) mass is 347 g/mol. The highest BCUT2D eigenvalue weighted by Crippen LogP contribution is 2.12. The van der Waals surface area contributed by atoms with Gasteiger partial charge in [-0.2, -0.15) is 0 Å². The summed E-state index contributed by atoms with van der Waals surface area (Å²) in [6, 6.07) is 17.6. The number of hydrogen-bond donors (Lipinski definition) is 3. The Kier molecular flexibility index (Phi) is 8.30. The van der Waals surface area contributed by atoms with Gasteiger partial charge < -0.3 is 16.4 Å². The summed E-state index contributed by atoms with van der Waals surface area (Å²) < 4.78 is 0. The summed E-state index contributed by atoms with van der Waals surface area (Å²) in [5.41, 5.74) is 8.31. The lowest BCUT2D eigenvalue weighted by atomic mass is 10.0. The number of nitrogens with one attached hydrogen (secondary N) is 2. The maximum absolute atomic E-state index is 12.3. The average molecular weight is 348 g/mol. The van der Waals surface area contributed by atoms with Crippen LogP contribution in [0.1, 0.15) is 29.8 Å². The van der Waals surface area contributed by atoms with Crippen molar-refractivity contribution in [3.8, 4) is 0 Å². The normalized spacial score (nSPS) is 11.5. The van der Waals surface area contributed by atoms with Crippen LogP contribution in [0.2, 0.25) is 0 Å². The van der Waals surface area contributed by atoms with Gasteiger partial charge in [-0.25, -0.2) is 0 Å². The molecule has 0 saturated carbocycles. The molecule has 0 aromatic heterocycles. The molecule has 1 atom stereocenters. The van der Waals surface area contributed by atoms with Crippen LogP contribution in [-0.2, 0) is 6.54 Å². The first-order valence-electron chi connectivity index (χ1n) is 7.99. The summed E-state index contributed by atoms with van der Waals surface area (Å²) in [7, 11) is 0. The molecule has 0 spiro atoms. The number of nitrogens with two attached hydrogens (primary N) is 1. The van der Waals surface area contributed by atoms with E-state index < -0.39 is 0 Å². The van der Waals surface area contributed by atoms with Gasteiger partial charge in [-0.15, -0.1) is 12.4 Å². The first-order chi connectivity index (χ1) is 11.1. The van der Waals surface area contributed by atoms with Crippen molar-refractivity contribution in [3.63, 3.8) is 0 Å². The van der Waals surface area contributed by atoms with Gasteiger partial charge in [0.05, 0.1) is 0 Å². The van der Waals surface area contributed by atoms with Crippen molar-refractivity contribution in [1.82, 2.24) is 5.32 Å². The maximum atomic E-state index is 12.3. The largest absolute Gasteiger partial charge is 0.380 e. The molecule has 130 valence electrons. The number of anilines is 1. The van der Waals surface area contributed by atoms with Crippen LogP contribution in [0.25, 0.3) is 0 Å². The second-order valence-corrected chi connectivity index (χ2v) is 5.97. The zero-order valence-electron chi connectivity index (χ0n) is 14.2. The third-order valence-electron chi connectivity index (χ3n) is 3.86. The summed E-state index contributed by atoms with van der Waals surface area (Å²) in [6.45, 7) is 5.34. The highest BCUT2D eigenvalue weighted by Gasteiger charge is 2.15. The molecule has 1 amide bonds. The summed E-state index contributed by atoms with van der Waals surface area (Å²) in [5.74, 6) is 0.337. The summed E-state index contributed by atoms with van der Waals surface area (Å²) in [5, 5.41) is 6.48. The number of rotatable bonds is 7. The molecule has 2 rings (SSSR count). The molecule has 5 heteroatoms. The average Bonchev–Trinajstić information content (AvgIpc) is 2.59. The van der Waals surface area contributed by atoms with Crippen molar-refractivity contribution in [3.05, 3.63) is 65.7 Å². The molecule has 4 N–H and O–H groups in total. The van der Waals surface area contributed by atoms with Gasteiger partial charge in [-0.05, 0) is 35.7 Å². The van der Waals surface area contributed by atoms with E-state index in [4.69, 9.17) is 5.73 Å². The Hall–Kier alpha value is -2.04. The van der Waals surface area contributed by atoms with Gasteiger partial charge in [0.1, 0.15) is 0 Å². The van der Waals surface area contributed by atoms with E-state index in [1.165, 1.54) is 0 Å². The van der Waals surface area contributed by atoms with Gasteiger partial charge in [-0.3, -0.25) is 4.79 Å². The Morgan fingerprint density at radius 2 is 1.67 bits per heavy atom. The predicted octanol–water partition coefficient (Wildman–Crippen LogP) is 3.43. The second-order valence-electron chi connectivity index (χ2n) is 5.97. The lowest BCUT2D eigenvalue weighted by molar-refractivity contribution is 0.0950. The molecule has 2 aromatic rings. The topological polar surface area (TPSA) is 67.2 Å². The molecule has 0 aliphatic rings. The standard InChI is InChI=1S/C19H25N3O.ClH/c1-14(2)18(22-17-6-4-3-5-7-17)13-21-19(23)16-10-8-15(12-20)9-11-16;/h3-11,14,18,22H,12-13,20H2,1-2H3,(H,21,23);1H. The van der Waals surface area contributed by atoms with Crippen LogP contribution >= 0.6 is 12.4 Å². The quantitative estimate of drug-likeness (QED) is 0.718. The van der Waals surface area contributed by atoms with Crippen molar-refractivity contribution in [2.24, 2.45) is 11.7 Å². The van der Waals surface area contributed by atoms with Crippen molar-refractivity contribution in [2.75, 3.05) is 11.9 Å². The molecule has 2 aromatic carbocycles. The molecular weight excluding hydrogens is 322 g/mol. The molecule has 0 fully saturated rings. The van der Waals surface area contributed by atoms with Crippen LogP contribution in [0.5, 0.6) is 0 Å². The van der Waals surface area contributed by atoms with E-state index in [2.05, 4.69) is 24.5 Å². The SMILES string of the molecule is CC(C)C(CNC(=O)c1ccc(CN)cc1)Nc1ccccc1.Cl. The van der Waals surface area contributed by atoms with Gasteiger partial charge in [0.15, 0.2) is 0 Å². The predicted molar refractivity (Wildman–Crippen MR) is 103 cm³/mol. The van der Waals surface area contributed by atoms with Gasteiger partial charge in [0.25, 0.3) is 5.91 Å². The number of benzene rings is 2. The maximum Gasteiger partial charge on any atom is 0.251 e. The van der Waals surface area contributed by atoms with Crippen molar-refractivity contribution >= 4 is 24.0 Å². The molecule has 0 bridgehead atoms. The van der Waals surface area contributed by atoms with Crippen LogP contribution < -0.4 is 16.4 Å². The summed E-state index contributed by atoms with van der Waals surface area (Å²) in [6.07, 6.45) is 0. The van der Waals surface area contributed by atoms with Crippen molar-refractivity contribution in [2.45, 2.75) is 26.4 Å². The molecule has 0 heterocycles. The molecule has 0 saturated heterocycles. The molecular formula is C19H26ClN3O. The van der Waals surface area contributed by atoms with Gasteiger partial charge >= 0.3 is 0 Å². The number of amides is 1. The highest BCUT2D eigenvalue weighted by atomic mass is 35.5. The minimum absolute atomic E-state index is 0. The number of para-hydroxylation sites is 1. The highest BCUT2D eigenvalue weighted by molar-refractivity contribution is 5.94. The molecule has 0 radical (unpaired) electrons. The second kappa shape index (κ2) is 9.96. The summed E-state index contributed by atoms with van der Waals surface area (Å²) in [4.78, 5) is 12.3. The summed E-state index contributed by atoms with van der Waals surface area (Å²) >= 11 is 0. The van der Waals surface area contributed by atoms with Crippen LogP contribution in [0, 0.1) is 5.92 Å². The van der Waals surface area contributed by atoms with Crippen LogP contribution in [-0.4, -0.2) is 18.5 Å². The molecule has 0 aliphatic heterocycles. The fraction of sp³-hybridized carbons (Fsp3) is 0.316. The minimum Gasteiger partial charge on any atom is -0.380 e. The lowest BCUT2D eigenvalue weighted by Gasteiger charge is -2.24. The zero-order valence-corrected chi connectivity index (χ0v) is 15.0. The molecule has 4 nitrogen and oxygen atoms in total. The van der Waals surface area contributed by atoms with Crippen molar-refractivity contribution < 1.29 is 4.79 Å². The number of hydrogen-bond acceptors (Lipinski definition) is 3. The van der Waals surface area contributed by atoms with E-state index in [1.54, 1.807) is 0 Å². The fourth-order valence-electron chi connectivity index (χ4n) is 2.30. The van der Waals surface area contributed by atoms with Gasteiger partial charge in [0.2, 0.25) is 0 Å². The Labute approximate surface area is 150 Å². The molecule has 1 unspecified atom stereocenters. The Morgan fingerprint density at radius 3 is 2.21 bits per heavy atom. The van der Waals surface area contributed by atoms with Gasteiger partial charge in [0, 0.05) is 30.4 Å². The first-order valence-corrected chi connectivity index (χ1v) is 7.99. The molecule has 24 heavy (non-hydrogen) atoms. The van der Waals surface area contributed by atoms with Crippen LogP contribution in [0.15, 0.2) is 54.6 Å². The Balaban J connectivity index is 0.00000288. The van der Waals surface area contributed by atoms with Gasteiger partial charge in [-0.1, -0.05) is 44.2 Å².